The molecule has 1 aromatic carbocycles. The lowest BCUT2D eigenvalue weighted by molar-refractivity contribution is 0.111. The van der Waals surface area contributed by atoms with E-state index in [1.54, 1.807) is 12.5 Å². The maximum atomic E-state index is 11.5. The number of hydrogen-bond donors (Lipinski definition) is 0. The highest BCUT2D eigenvalue weighted by Gasteiger charge is 2.24. The summed E-state index contributed by atoms with van der Waals surface area (Å²) in [5.74, 6) is 1.53. The monoisotopic (exact) mass is 323 g/mol. The first-order valence-electron chi connectivity index (χ1n) is 8.44. The van der Waals surface area contributed by atoms with Gasteiger partial charge in [-0.2, -0.15) is 0 Å². The fraction of sp³-hybridized carbons (Fsp3) is 0.368. The molecular formula is C19H21N3O2. The summed E-state index contributed by atoms with van der Waals surface area (Å²) < 4.78 is 10.3. The maximum absolute atomic E-state index is 11.5. The Balaban J connectivity index is 1.64. The van der Waals surface area contributed by atoms with E-state index in [0.717, 1.165) is 35.2 Å². The standard InChI is InChI=1S/C19H21N3O2/c1-14(21-8-7-20-13-21)12-24-18-4-2-3-16-9-17(11-23)22(19(16)18)10-15-5-6-15/h2-4,7-9,11,13-15H,5-6,10,12H2,1H3. The van der Waals surface area contributed by atoms with Crippen LogP contribution in [0.1, 0.15) is 36.3 Å². The number of carbonyl (C=O) groups is 1. The fourth-order valence-electron chi connectivity index (χ4n) is 3.11. The molecule has 1 fully saturated rings. The molecule has 1 saturated carbocycles. The molecule has 0 saturated heterocycles. The van der Waals surface area contributed by atoms with Crippen molar-refractivity contribution in [3.8, 4) is 5.75 Å². The molecule has 1 aliphatic rings. The lowest BCUT2D eigenvalue weighted by Gasteiger charge is -2.16. The van der Waals surface area contributed by atoms with Gasteiger partial charge in [-0.1, -0.05) is 12.1 Å². The van der Waals surface area contributed by atoms with Gasteiger partial charge in [0.25, 0.3) is 0 Å². The summed E-state index contributed by atoms with van der Waals surface area (Å²) in [5, 5.41) is 1.06. The van der Waals surface area contributed by atoms with Crippen molar-refractivity contribution in [3.05, 3.63) is 48.7 Å². The van der Waals surface area contributed by atoms with Gasteiger partial charge in [0.05, 0.1) is 23.6 Å². The summed E-state index contributed by atoms with van der Waals surface area (Å²) in [7, 11) is 0. The minimum absolute atomic E-state index is 0.195. The van der Waals surface area contributed by atoms with Gasteiger partial charge in [0.1, 0.15) is 12.4 Å². The molecule has 0 radical (unpaired) electrons. The van der Waals surface area contributed by atoms with Crippen LogP contribution >= 0.6 is 0 Å². The topological polar surface area (TPSA) is 49.0 Å². The number of hydrogen-bond acceptors (Lipinski definition) is 3. The van der Waals surface area contributed by atoms with Crippen LogP contribution in [0.2, 0.25) is 0 Å². The lowest BCUT2D eigenvalue weighted by Crippen LogP contribution is -2.13. The van der Waals surface area contributed by atoms with Crippen LogP contribution in [0.3, 0.4) is 0 Å². The summed E-state index contributed by atoms with van der Waals surface area (Å²) >= 11 is 0. The average molecular weight is 323 g/mol. The summed E-state index contributed by atoms with van der Waals surface area (Å²) in [6.07, 6.45) is 8.95. The highest BCUT2D eigenvalue weighted by Crippen LogP contribution is 2.35. The van der Waals surface area contributed by atoms with Gasteiger partial charge >= 0.3 is 0 Å². The molecular weight excluding hydrogens is 302 g/mol. The smallest absolute Gasteiger partial charge is 0.166 e. The Hall–Kier alpha value is -2.56. The highest BCUT2D eigenvalue weighted by molar-refractivity contribution is 5.92. The molecule has 0 aliphatic heterocycles. The Morgan fingerprint density at radius 1 is 1.42 bits per heavy atom. The number of fused-ring (bicyclic) bond motifs is 1. The normalized spacial score (nSPS) is 15.5. The van der Waals surface area contributed by atoms with Gasteiger partial charge in [-0.05, 0) is 37.8 Å². The Bertz CT molecular complexity index is 847. The molecule has 0 spiro atoms. The molecule has 1 unspecified atom stereocenters. The van der Waals surface area contributed by atoms with Crippen molar-refractivity contribution >= 4 is 17.2 Å². The Morgan fingerprint density at radius 2 is 2.29 bits per heavy atom. The third kappa shape index (κ3) is 2.82. The second kappa shape index (κ2) is 6.15. The van der Waals surface area contributed by atoms with Gasteiger partial charge in [-0.25, -0.2) is 4.98 Å². The van der Waals surface area contributed by atoms with E-state index < -0.39 is 0 Å². The van der Waals surface area contributed by atoms with E-state index in [4.69, 9.17) is 4.74 Å². The van der Waals surface area contributed by atoms with Crippen LogP contribution in [-0.2, 0) is 6.54 Å². The van der Waals surface area contributed by atoms with Crippen molar-refractivity contribution in [2.75, 3.05) is 6.61 Å². The minimum atomic E-state index is 0.195. The molecule has 0 N–H and O–H groups in total. The highest BCUT2D eigenvalue weighted by atomic mass is 16.5. The second-order valence-electron chi connectivity index (χ2n) is 6.60. The minimum Gasteiger partial charge on any atom is -0.489 e. The third-order valence-electron chi connectivity index (χ3n) is 4.69. The number of ether oxygens (including phenoxy) is 1. The van der Waals surface area contributed by atoms with Crippen LogP contribution in [0, 0.1) is 5.92 Å². The summed E-state index contributed by atoms with van der Waals surface area (Å²) in [6.45, 7) is 3.55. The zero-order chi connectivity index (χ0) is 16.5. The van der Waals surface area contributed by atoms with Crippen LogP contribution < -0.4 is 4.74 Å². The van der Waals surface area contributed by atoms with Gasteiger partial charge in [0.2, 0.25) is 0 Å². The van der Waals surface area contributed by atoms with Crippen molar-refractivity contribution in [2.24, 2.45) is 5.92 Å². The molecule has 2 heterocycles. The Labute approximate surface area is 140 Å². The van der Waals surface area contributed by atoms with E-state index in [0.29, 0.717) is 12.5 Å². The molecule has 1 aliphatic carbocycles. The van der Waals surface area contributed by atoms with Gasteiger partial charge in [-0.3, -0.25) is 4.79 Å². The number of carbonyl (C=O) groups excluding carboxylic acids is 1. The SMILES string of the molecule is CC(COc1cccc2cc(C=O)n(CC3CC3)c12)n1ccnc1. The Kier molecular flexibility index (Phi) is 3.84. The van der Waals surface area contributed by atoms with Crippen molar-refractivity contribution < 1.29 is 9.53 Å². The second-order valence-corrected chi connectivity index (χ2v) is 6.60. The van der Waals surface area contributed by atoms with Gasteiger partial charge < -0.3 is 13.9 Å². The van der Waals surface area contributed by atoms with Crippen molar-refractivity contribution in [1.82, 2.24) is 14.1 Å². The van der Waals surface area contributed by atoms with Gasteiger partial charge in [-0.15, -0.1) is 0 Å². The predicted octanol–water partition coefficient (Wildman–Crippen LogP) is 3.70. The van der Waals surface area contributed by atoms with Crippen LogP contribution in [0.5, 0.6) is 5.75 Å². The predicted molar refractivity (Wildman–Crippen MR) is 92.5 cm³/mol. The molecule has 0 bridgehead atoms. The summed E-state index contributed by atoms with van der Waals surface area (Å²) in [4.78, 5) is 15.5. The summed E-state index contributed by atoms with van der Waals surface area (Å²) in [5.41, 5.74) is 1.76. The van der Waals surface area contributed by atoms with Gasteiger partial charge in [0.15, 0.2) is 6.29 Å². The number of aromatic nitrogens is 3. The van der Waals surface area contributed by atoms with Gasteiger partial charge in [0, 0.05) is 24.3 Å². The van der Waals surface area contributed by atoms with E-state index >= 15 is 0 Å². The number of aldehydes is 1. The molecule has 24 heavy (non-hydrogen) atoms. The largest absolute Gasteiger partial charge is 0.489 e. The zero-order valence-corrected chi connectivity index (χ0v) is 13.8. The first-order valence-corrected chi connectivity index (χ1v) is 8.44. The van der Waals surface area contributed by atoms with Crippen molar-refractivity contribution in [1.29, 1.82) is 0 Å². The van der Waals surface area contributed by atoms with Crippen LogP contribution in [0.4, 0.5) is 0 Å². The maximum Gasteiger partial charge on any atom is 0.166 e. The third-order valence-corrected chi connectivity index (χ3v) is 4.69. The zero-order valence-electron chi connectivity index (χ0n) is 13.8. The number of benzene rings is 1. The van der Waals surface area contributed by atoms with Crippen molar-refractivity contribution in [3.63, 3.8) is 0 Å². The summed E-state index contributed by atoms with van der Waals surface area (Å²) in [6, 6.07) is 8.16. The van der Waals surface area contributed by atoms with E-state index in [1.807, 2.05) is 35.0 Å². The van der Waals surface area contributed by atoms with E-state index in [2.05, 4.69) is 16.5 Å². The lowest BCUT2D eigenvalue weighted by atomic mass is 10.2. The Morgan fingerprint density at radius 3 is 3.00 bits per heavy atom. The molecule has 4 rings (SSSR count). The number of imidazole rings is 1. The molecule has 124 valence electrons. The number of nitrogens with zero attached hydrogens (tertiary/aromatic N) is 3. The molecule has 5 nitrogen and oxygen atoms in total. The van der Waals surface area contributed by atoms with E-state index in [-0.39, 0.29) is 6.04 Å². The van der Waals surface area contributed by atoms with Crippen molar-refractivity contribution in [2.45, 2.75) is 32.4 Å². The first kappa shape index (κ1) is 15.0. The van der Waals surface area contributed by atoms with Crippen LogP contribution in [0.15, 0.2) is 43.0 Å². The molecule has 3 aromatic rings. The fourth-order valence-corrected chi connectivity index (χ4v) is 3.11. The molecule has 0 amide bonds. The average Bonchev–Trinajstić information content (AvgIpc) is 3.11. The molecule has 1 atom stereocenters. The molecule has 2 aromatic heterocycles. The van der Waals surface area contributed by atoms with E-state index in [1.165, 1.54) is 12.8 Å². The van der Waals surface area contributed by atoms with Crippen LogP contribution in [-0.4, -0.2) is 27.0 Å². The molecule has 5 heteroatoms. The quantitative estimate of drug-likeness (QED) is 0.623. The first-order chi connectivity index (χ1) is 11.8. The van der Waals surface area contributed by atoms with E-state index in [9.17, 15) is 4.79 Å². The number of para-hydroxylation sites is 1. The van der Waals surface area contributed by atoms with Crippen LogP contribution in [0.25, 0.3) is 10.9 Å². The number of rotatable bonds is 7.